The second-order valence-electron chi connectivity index (χ2n) is 3.83. The maximum atomic E-state index is 10.9. The van der Waals surface area contributed by atoms with Gasteiger partial charge in [-0.2, -0.15) is 0 Å². The molecule has 0 aromatic heterocycles. The highest BCUT2D eigenvalue weighted by atomic mass is 16.5. The van der Waals surface area contributed by atoms with Crippen molar-refractivity contribution in [1.82, 2.24) is 0 Å². The lowest BCUT2D eigenvalue weighted by atomic mass is 10.0. The van der Waals surface area contributed by atoms with Gasteiger partial charge in [-0.1, -0.05) is 43.0 Å². The SMILES string of the molecule is C=Cc1ccc(/C=C2\CCC(=O)OC2)cc1. The summed E-state index contributed by atoms with van der Waals surface area (Å²) < 4.78 is 4.98. The quantitative estimate of drug-likeness (QED) is 0.707. The first-order valence-corrected chi connectivity index (χ1v) is 5.35. The molecule has 1 heterocycles. The number of carbonyl (C=O) groups excluding carboxylic acids is 1. The van der Waals surface area contributed by atoms with Crippen molar-refractivity contribution in [2.45, 2.75) is 12.8 Å². The third kappa shape index (κ3) is 2.60. The van der Waals surface area contributed by atoms with Crippen LogP contribution in [0.25, 0.3) is 12.2 Å². The molecule has 0 N–H and O–H groups in total. The van der Waals surface area contributed by atoms with Crippen molar-refractivity contribution in [1.29, 1.82) is 0 Å². The van der Waals surface area contributed by atoms with Crippen molar-refractivity contribution in [3.63, 3.8) is 0 Å². The van der Waals surface area contributed by atoms with Crippen LogP contribution in [-0.2, 0) is 9.53 Å². The van der Waals surface area contributed by atoms with Crippen LogP contribution in [0.2, 0.25) is 0 Å². The van der Waals surface area contributed by atoms with Crippen molar-refractivity contribution in [3.05, 3.63) is 47.5 Å². The van der Waals surface area contributed by atoms with Crippen molar-refractivity contribution < 1.29 is 9.53 Å². The molecule has 0 bridgehead atoms. The van der Waals surface area contributed by atoms with E-state index >= 15 is 0 Å². The van der Waals surface area contributed by atoms with Gasteiger partial charge >= 0.3 is 5.97 Å². The van der Waals surface area contributed by atoms with Crippen molar-refractivity contribution in [2.75, 3.05) is 6.61 Å². The molecule has 82 valence electrons. The molecule has 0 atom stereocenters. The van der Waals surface area contributed by atoms with E-state index in [4.69, 9.17) is 4.74 Å². The summed E-state index contributed by atoms with van der Waals surface area (Å²) in [5, 5.41) is 0. The molecule has 1 fully saturated rings. The lowest BCUT2D eigenvalue weighted by Gasteiger charge is -2.14. The highest BCUT2D eigenvalue weighted by Gasteiger charge is 2.12. The van der Waals surface area contributed by atoms with Gasteiger partial charge in [0.25, 0.3) is 0 Å². The highest BCUT2D eigenvalue weighted by Crippen LogP contribution is 2.17. The van der Waals surface area contributed by atoms with E-state index < -0.39 is 0 Å². The fraction of sp³-hybridized carbons (Fsp3) is 0.214. The van der Waals surface area contributed by atoms with Crippen LogP contribution in [0, 0.1) is 0 Å². The predicted octanol–water partition coefficient (Wildman–Crippen LogP) is 3.05. The summed E-state index contributed by atoms with van der Waals surface area (Å²) in [5.41, 5.74) is 3.42. The molecule has 2 nitrogen and oxygen atoms in total. The zero-order chi connectivity index (χ0) is 11.4. The third-order valence-corrected chi connectivity index (χ3v) is 2.61. The minimum atomic E-state index is -0.0980. The molecule has 0 aliphatic carbocycles. The van der Waals surface area contributed by atoms with E-state index in [9.17, 15) is 4.79 Å². The van der Waals surface area contributed by atoms with Crippen LogP contribution in [0.5, 0.6) is 0 Å². The number of benzene rings is 1. The van der Waals surface area contributed by atoms with Crippen LogP contribution in [0.3, 0.4) is 0 Å². The Balaban J connectivity index is 2.10. The minimum absolute atomic E-state index is 0.0980. The van der Waals surface area contributed by atoms with Gasteiger partial charge in [0.05, 0.1) is 0 Å². The Kier molecular flexibility index (Phi) is 3.20. The number of ether oxygens (including phenoxy) is 1. The molecule has 0 unspecified atom stereocenters. The number of esters is 1. The monoisotopic (exact) mass is 214 g/mol. The average Bonchev–Trinajstić information content (AvgIpc) is 2.33. The van der Waals surface area contributed by atoms with Gasteiger partial charge in [-0.3, -0.25) is 4.79 Å². The molecule has 0 saturated carbocycles. The number of carbonyl (C=O) groups is 1. The summed E-state index contributed by atoms with van der Waals surface area (Å²) in [6.45, 7) is 4.14. The van der Waals surface area contributed by atoms with Crippen LogP contribution >= 0.6 is 0 Å². The predicted molar refractivity (Wildman–Crippen MR) is 64.7 cm³/mol. The average molecular weight is 214 g/mol. The van der Waals surface area contributed by atoms with Gasteiger partial charge < -0.3 is 4.74 Å². The molecule has 1 aromatic carbocycles. The molecule has 0 radical (unpaired) electrons. The number of hydrogen-bond donors (Lipinski definition) is 0. The highest BCUT2D eigenvalue weighted by molar-refractivity contribution is 5.72. The topological polar surface area (TPSA) is 26.3 Å². The molecule has 1 aliphatic rings. The lowest BCUT2D eigenvalue weighted by molar-refractivity contribution is -0.144. The van der Waals surface area contributed by atoms with Gasteiger partial charge in [-0.25, -0.2) is 0 Å². The minimum Gasteiger partial charge on any atom is -0.461 e. The molecule has 2 heteroatoms. The maximum Gasteiger partial charge on any atom is 0.306 e. The molecular formula is C14H14O2. The van der Waals surface area contributed by atoms with Gasteiger partial charge in [0.15, 0.2) is 0 Å². The molecule has 16 heavy (non-hydrogen) atoms. The van der Waals surface area contributed by atoms with Gasteiger partial charge in [0.2, 0.25) is 0 Å². The summed E-state index contributed by atoms with van der Waals surface area (Å²) in [4.78, 5) is 10.9. The molecule has 2 rings (SSSR count). The summed E-state index contributed by atoms with van der Waals surface area (Å²) in [6.07, 6.45) is 5.21. The molecular weight excluding hydrogens is 200 g/mol. The van der Waals surface area contributed by atoms with E-state index in [2.05, 4.69) is 12.7 Å². The maximum absolute atomic E-state index is 10.9. The van der Waals surface area contributed by atoms with Crippen LogP contribution in [-0.4, -0.2) is 12.6 Å². The fourth-order valence-electron chi connectivity index (χ4n) is 1.66. The van der Waals surface area contributed by atoms with Crippen LogP contribution in [0.1, 0.15) is 24.0 Å². The molecule has 1 aromatic rings. The lowest BCUT2D eigenvalue weighted by Crippen LogP contribution is -2.14. The van der Waals surface area contributed by atoms with Crippen molar-refractivity contribution in [3.8, 4) is 0 Å². The zero-order valence-electron chi connectivity index (χ0n) is 9.11. The largest absolute Gasteiger partial charge is 0.461 e. The van der Waals surface area contributed by atoms with Crippen LogP contribution < -0.4 is 0 Å². The number of rotatable bonds is 2. The fourth-order valence-corrected chi connectivity index (χ4v) is 1.66. The van der Waals surface area contributed by atoms with E-state index in [0.29, 0.717) is 13.0 Å². The Labute approximate surface area is 95.2 Å². The Morgan fingerprint density at radius 1 is 1.12 bits per heavy atom. The second kappa shape index (κ2) is 4.79. The number of cyclic esters (lactones) is 1. The Morgan fingerprint density at radius 3 is 2.38 bits per heavy atom. The summed E-state index contributed by atoms with van der Waals surface area (Å²) in [5.74, 6) is -0.0980. The van der Waals surface area contributed by atoms with E-state index in [1.165, 1.54) is 5.57 Å². The molecule has 1 aliphatic heterocycles. The first kappa shape index (κ1) is 10.7. The summed E-state index contributed by atoms with van der Waals surface area (Å²) >= 11 is 0. The van der Waals surface area contributed by atoms with Gasteiger partial charge in [0.1, 0.15) is 6.61 Å². The van der Waals surface area contributed by atoms with Gasteiger partial charge in [-0.15, -0.1) is 0 Å². The molecule has 1 saturated heterocycles. The van der Waals surface area contributed by atoms with Crippen molar-refractivity contribution >= 4 is 18.1 Å². The Morgan fingerprint density at radius 2 is 1.81 bits per heavy atom. The van der Waals surface area contributed by atoms with Gasteiger partial charge in [-0.05, 0) is 23.1 Å². The van der Waals surface area contributed by atoms with Crippen LogP contribution in [0.15, 0.2) is 36.4 Å². The van der Waals surface area contributed by atoms with E-state index in [1.807, 2.05) is 30.3 Å². The Hall–Kier alpha value is -1.83. The summed E-state index contributed by atoms with van der Waals surface area (Å²) in [6, 6.07) is 8.13. The van der Waals surface area contributed by atoms with E-state index in [1.54, 1.807) is 0 Å². The van der Waals surface area contributed by atoms with Crippen molar-refractivity contribution in [2.24, 2.45) is 0 Å². The third-order valence-electron chi connectivity index (χ3n) is 2.61. The molecule has 0 amide bonds. The zero-order valence-corrected chi connectivity index (χ0v) is 9.11. The second-order valence-corrected chi connectivity index (χ2v) is 3.83. The standard InChI is InChI=1S/C14H14O2/c1-2-11-3-5-12(6-4-11)9-13-7-8-14(15)16-10-13/h2-6,9H,1,7-8,10H2/b13-9+. The normalized spacial score (nSPS) is 18.2. The number of hydrogen-bond acceptors (Lipinski definition) is 2. The first-order valence-electron chi connectivity index (χ1n) is 5.35. The summed E-state index contributed by atoms with van der Waals surface area (Å²) in [7, 11) is 0. The first-order chi connectivity index (χ1) is 7.78. The Bertz CT molecular complexity index is 415. The van der Waals surface area contributed by atoms with E-state index in [-0.39, 0.29) is 5.97 Å². The van der Waals surface area contributed by atoms with Gasteiger partial charge in [0, 0.05) is 6.42 Å². The van der Waals surface area contributed by atoms with E-state index in [0.717, 1.165) is 17.5 Å². The van der Waals surface area contributed by atoms with Crippen LogP contribution in [0.4, 0.5) is 0 Å². The molecule has 0 spiro atoms. The smallest absolute Gasteiger partial charge is 0.306 e.